The number of hydrogen-bond donors (Lipinski definition) is 2. The van der Waals surface area contributed by atoms with Gasteiger partial charge in [-0.25, -0.2) is 9.97 Å². The van der Waals surface area contributed by atoms with E-state index in [2.05, 4.69) is 27.4 Å². The van der Waals surface area contributed by atoms with Crippen molar-refractivity contribution < 1.29 is 4.74 Å². The standard InChI is InChI=1S/C21H22N4O/c1-15-19(12-20(22)17-8-10-18(26-2)11-9-17)21(25-14-24-15)23-13-16-6-4-3-5-7-16/h3-12,14H,13,22H2,1-2H3,(H,23,24,25)/b20-12-. The van der Waals surface area contributed by atoms with E-state index < -0.39 is 0 Å². The number of ether oxygens (including phenoxy) is 1. The Labute approximate surface area is 153 Å². The smallest absolute Gasteiger partial charge is 0.137 e. The first kappa shape index (κ1) is 17.5. The van der Waals surface area contributed by atoms with Gasteiger partial charge in [0.05, 0.1) is 12.8 Å². The molecule has 5 heteroatoms. The molecule has 1 heterocycles. The minimum absolute atomic E-state index is 0.647. The van der Waals surface area contributed by atoms with Crippen molar-refractivity contribution in [2.24, 2.45) is 5.73 Å². The van der Waals surface area contributed by atoms with E-state index in [0.29, 0.717) is 12.2 Å². The summed E-state index contributed by atoms with van der Waals surface area (Å²) in [5, 5.41) is 3.37. The minimum Gasteiger partial charge on any atom is -0.497 e. The number of rotatable bonds is 6. The first-order valence-electron chi connectivity index (χ1n) is 8.38. The molecule has 0 fully saturated rings. The average Bonchev–Trinajstić information content (AvgIpc) is 2.69. The molecule has 0 spiro atoms. The quantitative estimate of drug-likeness (QED) is 0.709. The van der Waals surface area contributed by atoms with Gasteiger partial charge in [-0.15, -0.1) is 0 Å². The number of anilines is 1. The molecule has 0 amide bonds. The van der Waals surface area contributed by atoms with Gasteiger partial charge in [-0.1, -0.05) is 30.3 Å². The largest absolute Gasteiger partial charge is 0.497 e. The van der Waals surface area contributed by atoms with Crippen LogP contribution in [0.4, 0.5) is 5.82 Å². The molecule has 3 N–H and O–H groups in total. The number of aromatic nitrogens is 2. The van der Waals surface area contributed by atoms with Crippen LogP contribution >= 0.6 is 0 Å². The summed E-state index contributed by atoms with van der Waals surface area (Å²) in [5.74, 6) is 1.56. The zero-order chi connectivity index (χ0) is 18.4. The van der Waals surface area contributed by atoms with Crippen molar-refractivity contribution >= 4 is 17.6 Å². The SMILES string of the molecule is COc1ccc(/C(N)=C/c2c(C)ncnc2NCc2ccccc2)cc1. The number of nitrogens with two attached hydrogens (primary N) is 1. The van der Waals surface area contributed by atoms with Crippen molar-refractivity contribution in [1.82, 2.24) is 9.97 Å². The number of benzene rings is 2. The van der Waals surface area contributed by atoms with Gasteiger partial charge in [0.15, 0.2) is 0 Å². The van der Waals surface area contributed by atoms with Gasteiger partial charge in [0.1, 0.15) is 17.9 Å². The molecule has 0 unspecified atom stereocenters. The van der Waals surface area contributed by atoms with Crippen LogP contribution in [-0.2, 0) is 6.54 Å². The van der Waals surface area contributed by atoms with E-state index >= 15 is 0 Å². The van der Waals surface area contributed by atoms with E-state index in [1.54, 1.807) is 13.4 Å². The molecule has 0 radical (unpaired) electrons. The number of nitrogens with zero attached hydrogens (tertiary/aromatic N) is 2. The third-order valence-corrected chi connectivity index (χ3v) is 4.11. The van der Waals surface area contributed by atoms with Gasteiger partial charge in [0, 0.05) is 17.8 Å². The van der Waals surface area contributed by atoms with E-state index in [4.69, 9.17) is 10.5 Å². The normalized spacial score (nSPS) is 11.2. The number of nitrogens with one attached hydrogen (secondary N) is 1. The molecule has 3 rings (SSSR count). The van der Waals surface area contributed by atoms with E-state index in [-0.39, 0.29) is 0 Å². The second-order valence-corrected chi connectivity index (χ2v) is 5.89. The lowest BCUT2D eigenvalue weighted by Crippen LogP contribution is -2.06. The summed E-state index contributed by atoms with van der Waals surface area (Å²) in [6.45, 7) is 2.63. The topological polar surface area (TPSA) is 73.1 Å². The highest BCUT2D eigenvalue weighted by Gasteiger charge is 2.08. The first-order valence-corrected chi connectivity index (χ1v) is 8.38. The summed E-state index contributed by atoms with van der Waals surface area (Å²) in [5.41, 5.74) is 10.8. The third-order valence-electron chi connectivity index (χ3n) is 4.11. The van der Waals surface area contributed by atoms with Crippen molar-refractivity contribution in [2.75, 3.05) is 12.4 Å². The fraction of sp³-hybridized carbons (Fsp3) is 0.143. The second-order valence-electron chi connectivity index (χ2n) is 5.89. The van der Waals surface area contributed by atoms with Crippen LogP contribution in [0.15, 0.2) is 60.9 Å². The third kappa shape index (κ3) is 4.19. The Bertz CT molecular complexity index is 890. The van der Waals surface area contributed by atoms with Gasteiger partial charge in [-0.3, -0.25) is 0 Å². The van der Waals surface area contributed by atoms with Crippen LogP contribution in [0.25, 0.3) is 11.8 Å². The van der Waals surface area contributed by atoms with Crippen LogP contribution in [0.2, 0.25) is 0 Å². The van der Waals surface area contributed by atoms with Crippen LogP contribution in [-0.4, -0.2) is 17.1 Å². The van der Waals surface area contributed by atoms with E-state index in [1.807, 2.05) is 55.5 Å². The zero-order valence-electron chi connectivity index (χ0n) is 14.9. The van der Waals surface area contributed by atoms with Crippen LogP contribution in [0, 0.1) is 6.92 Å². The maximum Gasteiger partial charge on any atom is 0.137 e. The summed E-state index contributed by atoms with van der Waals surface area (Å²) < 4.78 is 5.19. The van der Waals surface area contributed by atoms with Crippen molar-refractivity contribution in [1.29, 1.82) is 0 Å². The number of methoxy groups -OCH3 is 1. The summed E-state index contributed by atoms with van der Waals surface area (Å²) in [6.07, 6.45) is 3.47. The Kier molecular flexibility index (Phi) is 5.49. The lowest BCUT2D eigenvalue weighted by molar-refractivity contribution is 0.415. The monoisotopic (exact) mass is 346 g/mol. The number of aryl methyl sites for hydroxylation is 1. The molecule has 132 valence electrons. The van der Waals surface area contributed by atoms with E-state index in [9.17, 15) is 0 Å². The highest BCUT2D eigenvalue weighted by atomic mass is 16.5. The summed E-state index contributed by atoms with van der Waals surface area (Å²) in [7, 11) is 1.64. The lowest BCUT2D eigenvalue weighted by atomic mass is 10.1. The number of hydrogen-bond acceptors (Lipinski definition) is 5. The predicted octanol–water partition coefficient (Wildman–Crippen LogP) is 3.86. The fourth-order valence-electron chi connectivity index (χ4n) is 2.60. The van der Waals surface area contributed by atoms with Crippen molar-refractivity contribution in [2.45, 2.75) is 13.5 Å². The van der Waals surface area contributed by atoms with Gasteiger partial charge < -0.3 is 15.8 Å². The molecule has 0 saturated heterocycles. The first-order chi connectivity index (χ1) is 12.7. The minimum atomic E-state index is 0.647. The van der Waals surface area contributed by atoms with Crippen LogP contribution in [0.3, 0.4) is 0 Å². The Balaban J connectivity index is 1.86. The van der Waals surface area contributed by atoms with Gasteiger partial charge in [0.25, 0.3) is 0 Å². The summed E-state index contributed by atoms with van der Waals surface area (Å²) in [6, 6.07) is 17.8. The van der Waals surface area contributed by atoms with Gasteiger partial charge in [-0.05, 0) is 48.4 Å². The van der Waals surface area contributed by atoms with Crippen molar-refractivity contribution in [3.05, 3.63) is 83.3 Å². The van der Waals surface area contributed by atoms with Crippen molar-refractivity contribution in [3.8, 4) is 5.75 Å². The highest BCUT2D eigenvalue weighted by molar-refractivity contribution is 5.83. The Morgan fingerprint density at radius 1 is 1.08 bits per heavy atom. The molecular weight excluding hydrogens is 324 g/mol. The molecule has 2 aromatic carbocycles. The molecule has 0 saturated carbocycles. The second kappa shape index (κ2) is 8.16. The Hall–Kier alpha value is -3.34. The Morgan fingerprint density at radius 3 is 2.50 bits per heavy atom. The van der Waals surface area contributed by atoms with Crippen LogP contribution in [0.1, 0.15) is 22.4 Å². The molecule has 5 nitrogen and oxygen atoms in total. The van der Waals surface area contributed by atoms with Crippen LogP contribution < -0.4 is 15.8 Å². The van der Waals surface area contributed by atoms with E-state index in [0.717, 1.165) is 28.4 Å². The van der Waals surface area contributed by atoms with Gasteiger partial charge >= 0.3 is 0 Å². The lowest BCUT2D eigenvalue weighted by Gasteiger charge is -2.11. The highest BCUT2D eigenvalue weighted by Crippen LogP contribution is 2.22. The molecule has 0 aliphatic heterocycles. The molecule has 1 aromatic heterocycles. The molecular formula is C21H22N4O. The van der Waals surface area contributed by atoms with Crippen molar-refractivity contribution in [3.63, 3.8) is 0 Å². The predicted molar refractivity (Wildman–Crippen MR) is 106 cm³/mol. The molecule has 0 atom stereocenters. The maximum atomic E-state index is 6.30. The fourth-order valence-corrected chi connectivity index (χ4v) is 2.60. The molecule has 0 aliphatic carbocycles. The van der Waals surface area contributed by atoms with E-state index in [1.165, 1.54) is 5.56 Å². The summed E-state index contributed by atoms with van der Waals surface area (Å²) >= 11 is 0. The molecule has 0 aliphatic rings. The molecule has 26 heavy (non-hydrogen) atoms. The van der Waals surface area contributed by atoms with Gasteiger partial charge in [-0.2, -0.15) is 0 Å². The molecule has 3 aromatic rings. The average molecular weight is 346 g/mol. The maximum absolute atomic E-state index is 6.30. The van der Waals surface area contributed by atoms with Crippen LogP contribution in [0.5, 0.6) is 5.75 Å². The molecule has 0 bridgehead atoms. The zero-order valence-corrected chi connectivity index (χ0v) is 14.9. The Morgan fingerprint density at radius 2 is 1.81 bits per heavy atom. The summed E-state index contributed by atoms with van der Waals surface area (Å²) in [4.78, 5) is 8.68. The van der Waals surface area contributed by atoms with Gasteiger partial charge in [0.2, 0.25) is 0 Å².